The maximum absolute atomic E-state index is 12.3. The van der Waals surface area contributed by atoms with Crippen molar-refractivity contribution >= 4 is 29.3 Å². The van der Waals surface area contributed by atoms with Gasteiger partial charge in [-0.25, -0.2) is 9.47 Å². The standard InChI is InChI=1S/C17H17N5O3S/c1-12-19-20-17(22(12)21-9-5-6-10-21)26-11-15(23)18-14-8-4-3-7-13(14)16(24)25-2/h3-10H,11H2,1-2H3,(H,18,23). The third kappa shape index (κ3) is 3.77. The van der Waals surface area contributed by atoms with Gasteiger partial charge in [-0.3, -0.25) is 9.47 Å². The van der Waals surface area contributed by atoms with E-state index in [-0.39, 0.29) is 11.7 Å². The van der Waals surface area contributed by atoms with Crippen LogP contribution in [0.1, 0.15) is 16.2 Å². The number of amides is 1. The molecule has 2 aromatic heterocycles. The predicted octanol–water partition coefficient (Wildman–Crippen LogP) is 2.22. The molecule has 0 aliphatic carbocycles. The Morgan fingerprint density at radius 3 is 2.62 bits per heavy atom. The third-order valence-electron chi connectivity index (χ3n) is 3.53. The van der Waals surface area contributed by atoms with Crippen LogP contribution in [0.15, 0.2) is 53.9 Å². The summed E-state index contributed by atoms with van der Waals surface area (Å²) in [7, 11) is 1.30. The van der Waals surface area contributed by atoms with Gasteiger partial charge in [0.1, 0.15) is 0 Å². The van der Waals surface area contributed by atoms with Gasteiger partial charge < -0.3 is 10.1 Å². The van der Waals surface area contributed by atoms with E-state index in [1.54, 1.807) is 28.9 Å². The first-order valence-corrected chi connectivity index (χ1v) is 8.74. The zero-order chi connectivity index (χ0) is 18.5. The van der Waals surface area contributed by atoms with Gasteiger partial charge in [-0.05, 0) is 31.2 Å². The smallest absolute Gasteiger partial charge is 0.339 e. The summed E-state index contributed by atoms with van der Waals surface area (Å²) >= 11 is 1.25. The molecule has 0 aliphatic rings. The highest BCUT2D eigenvalue weighted by Crippen LogP contribution is 2.20. The van der Waals surface area contributed by atoms with Crippen molar-refractivity contribution in [3.05, 3.63) is 60.2 Å². The molecule has 9 heteroatoms. The maximum atomic E-state index is 12.3. The number of nitrogens with one attached hydrogen (secondary N) is 1. The second-order valence-corrected chi connectivity index (χ2v) is 6.22. The van der Waals surface area contributed by atoms with Gasteiger partial charge >= 0.3 is 5.97 Å². The number of anilines is 1. The Morgan fingerprint density at radius 2 is 1.88 bits per heavy atom. The van der Waals surface area contributed by atoms with Gasteiger partial charge in [0.05, 0.1) is 24.1 Å². The van der Waals surface area contributed by atoms with Crippen molar-refractivity contribution in [3.63, 3.8) is 0 Å². The van der Waals surface area contributed by atoms with Crippen LogP contribution >= 0.6 is 11.8 Å². The van der Waals surface area contributed by atoms with Crippen LogP contribution in [0.3, 0.4) is 0 Å². The van der Waals surface area contributed by atoms with E-state index >= 15 is 0 Å². The number of rotatable bonds is 6. The molecule has 3 rings (SSSR count). The first kappa shape index (κ1) is 17.7. The van der Waals surface area contributed by atoms with Crippen molar-refractivity contribution in [1.82, 2.24) is 19.5 Å². The van der Waals surface area contributed by atoms with E-state index in [1.807, 2.05) is 36.1 Å². The molecule has 0 fully saturated rings. The molecule has 0 aliphatic heterocycles. The number of para-hydroxylation sites is 1. The predicted molar refractivity (Wildman–Crippen MR) is 97.1 cm³/mol. The van der Waals surface area contributed by atoms with E-state index in [1.165, 1.54) is 18.9 Å². The summed E-state index contributed by atoms with van der Waals surface area (Å²) in [5, 5.41) is 11.5. The summed E-state index contributed by atoms with van der Waals surface area (Å²) in [6, 6.07) is 10.5. The first-order chi connectivity index (χ1) is 12.6. The molecule has 1 amide bonds. The summed E-state index contributed by atoms with van der Waals surface area (Å²) in [5.41, 5.74) is 0.715. The van der Waals surface area contributed by atoms with Crippen molar-refractivity contribution in [1.29, 1.82) is 0 Å². The van der Waals surface area contributed by atoms with Crippen LogP contribution in [0.2, 0.25) is 0 Å². The van der Waals surface area contributed by atoms with Crippen LogP contribution in [-0.4, -0.2) is 44.3 Å². The SMILES string of the molecule is COC(=O)c1ccccc1NC(=O)CSc1nnc(C)n1-n1cccc1. The van der Waals surface area contributed by atoms with Crippen LogP contribution in [0, 0.1) is 6.92 Å². The topological polar surface area (TPSA) is 91.0 Å². The Bertz CT molecular complexity index is 920. The fourth-order valence-electron chi connectivity index (χ4n) is 2.35. The van der Waals surface area contributed by atoms with E-state index in [9.17, 15) is 9.59 Å². The largest absolute Gasteiger partial charge is 0.465 e. The highest BCUT2D eigenvalue weighted by atomic mass is 32.2. The van der Waals surface area contributed by atoms with Crippen LogP contribution in [0.25, 0.3) is 0 Å². The molecule has 0 unspecified atom stereocenters. The Hall–Kier alpha value is -3.07. The van der Waals surface area contributed by atoms with E-state index < -0.39 is 5.97 Å². The van der Waals surface area contributed by atoms with Gasteiger partial charge in [-0.2, -0.15) is 0 Å². The summed E-state index contributed by atoms with van der Waals surface area (Å²) < 4.78 is 8.37. The number of methoxy groups -OCH3 is 1. The molecule has 1 N–H and O–H groups in total. The van der Waals surface area contributed by atoms with Crippen LogP contribution in [-0.2, 0) is 9.53 Å². The highest BCUT2D eigenvalue weighted by molar-refractivity contribution is 7.99. The molecule has 26 heavy (non-hydrogen) atoms. The number of nitrogens with zero attached hydrogens (tertiary/aromatic N) is 4. The molecule has 2 heterocycles. The molecule has 0 saturated heterocycles. The van der Waals surface area contributed by atoms with E-state index in [2.05, 4.69) is 15.5 Å². The average Bonchev–Trinajstić information content (AvgIpc) is 3.29. The maximum Gasteiger partial charge on any atom is 0.339 e. The van der Waals surface area contributed by atoms with Crippen LogP contribution < -0.4 is 5.32 Å². The number of hydrogen-bond donors (Lipinski definition) is 1. The molecule has 0 radical (unpaired) electrons. The van der Waals surface area contributed by atoms with Crippen molar-refractivity contribution in [2.75, 3.05) is 18.2 Å². The summed E-state index contributed by atoms with van der Waals surface area (Å²) in [5.74, 6) is 0.0669. The van der Waals surface area contributed by atoms with E-state index in [0.29, 0.717) is 22.2 Å². The Morgan fingerprint density at radius 1 is 1.15 bits per heavy atom. The molecule has 8 nitrogen and oxygen atoms in total. The minimum absolute atomic E-state index is 0.120. The minimum atomic E-state index is -0.503. The number of aromatic nitrogens is 4. The van der Waals surface area contributed by atoms with Crippen molar-refractivity contribution in [3.8, 4) is 0 Å². The fourth-order valence-corrected chi connectivity index (χ4v) is 3.13. The molecule has 3 aromatic rings. The highest BCUT2D eigenvalue weighted by Gasteiger charge is 2.16. The van der Waals surface area contributed by atoms with Crippen molar-refractivity contribution in [2.24, 2.45) is 0 Å². The number of thioether (sulfide) groups is 1. The van der Waals surface area contributed by atoms with Gasteiger partial charge in [0.25, 0.3) is 0 Å². The number of hydrogen-bond acceptors (Lipinski definition) is 6. The van der Waals surface area contributed by atoms with Crippen LogP contribution in [0.4, 0.5) is 5.69 Å². The Balaban J connectivity index is 1.69. The zero-order valence-corrected chi connectivity index (χ0v) is 15.1. The third-order valence-corrected chi connectivity index (χ3v) is 4.45. The number of carbonyl (C=O) groups excluding carboxylic acids is 2. The number of benzene rings is 1. The van der Waals surface area contributed by atoms with E-state index in [4.69, 9.17) is 4.74 Å². The number of ether oxygens (including phenoxy) is 1. The van der Waals surface area contributed by atoms with Gasteiger partial charge in [0.15, 0.2) is 5.82 Å². The molecule has 0 saturated carbocycles. The molecule has 134 valence electrons. The lowest BCUT2D eigenvalue weighted by atomic mass is 10.2. The fraction of sp³-hybridized carbons (Fsp3) is 0.176. The minimum Gasteiger partial charge on any atom is -0.465 e. The second-order valence-electron chi connectivity index (χ2n) is 5.28. The lowest BCUT2D eigenvalue weighted by molar-refractivity contribution is -0.113. The summed E-state index contributed by atoms with van der Waals surface area (Å²) in [6.45, 7) is 1.84. The number of aryl methyl sites for hydroxylation is 1. The quantitative estimate of drug-likeness (QED) is 0.528. The molecular formula is C17H17N5O3S. The van der Waals surface area contributed by atoms with Gasteiger partial charge in [-0.1, -0.05) is 23.9 Å². The van der Waals surface area contributed by atoms with Gasteiger partial charge in [-0.15, -0.1) is 10.2 Å². The molecule has 0 bridgehead atoms. The second kappa shape index (κ2) is 7.87. The Labute approximate surface area is 154 Å². The van der Waals surface area contributed by atoms with Crippen LogP contribution in [0.5, 0.6) is 0 Å². The average molecular weight is 371 g/mol. The van der Waals surface area contributed by atoms with Crippen molar-refractivity contribution in [2.45, 2.75) is 12.1 Å². The number of esters is 1. The Kier molecular flexibility index (Phi) is 5.37. The normalized spacial score (nSPS) is 10.5. The summed E-state index contributed by atoms with van der Waals surface area (Å²) in [6.07, 6.45) is 3.74. The van der Waals surface area contributed by atoms with Gasteiger partial charge in [0, 0.05) is 12.4 Å². The van der Waals surface area contributed by atoms with Crippen molar-refractivity contribution < 1.29 is 14.3 Å². The lowest BCUT2D eigenvalue weighted by Crippen LogP contribution is -2.18. The molecule has 0 spiro atoms. The van der Waals surface area contributed by atoms with E-state index in [0.717, 1.165) is 0 Å². The monoisotopic (exact) mass is 371 g/mol. The number of carbonyl (C=O) groups is 2. The lowest BCUT2D eigenvalue weighted by Gasteiger charge is -2.10. The van der Waals surface area contributed by atoms with Gasteiger partial charge in [0.2, 0.25) is 11.1 Å². The molecular weight excluding hydrogens is 354 g/mol. The summed E-state index contributed by atoms with van der Waals surface area (Å²) in [4.78, 5) is 24.1. The zero-order valence-electron chi connectivity index (χ0n) is 14.2. The first-order valence-electron chi connectivity index (χ1n) is 7.76. The molecule has 0 atom stereocenters. The molecule has 1 aromatic carbocycles.